The Morgan fingerprint density at radius 1 is 1.21 bits per heavy atom. The molecule has 0 aromatic heterocycles. The summed E-state index contributed by atoms with van der Waals surface area (Å²) in [6.45, 7) is 1.11. The molecule has 1 unspecified atom stereocenters. The maximum Gasteiger partial charge on any atom is 0.323 e. The van der Waals surface area contributed by atoms with Crippen LogP contribution in [0.25, 0.3) is 0 Å². The van der Waals surface area contributed by atoms with Crippen LogP contribution in [0.4, 0.5) is 11.4 Å². The van der Waals surface area contributed by atoms with Crippen LogP contribution in [0.15, 0.2) is 18.2 Å². The second kappa shape index (κ2) is 8.53. The lowest BCUT2D eigenvalue weighted by Gasteiger charge is -2.11. The van der Waals surface area contributed by atoms with Crippen molar-refractivity contribution in [2.24, 2.45) is 5.73 Å². The number of nitrogens with zero attached hydrogens (tertiary/aromatic N) is 2. The number of esters is 1. The van der Waals surface area contributed by atoms with Crippen molar-refractivity contribution in [2.45, 2.75) is 26.0 Å². The molecule has 1 aromatic carbocycles. The molecule has 1 aromatic rings. The number of ether oxygens (including phenoxy) is 1. The van der Waals surface area contributed by atoms with Crippen LogP contribution in [0.3, 0.4) is 0 Å². The van der Waals surface area contributed by atoms with Crippen LogP contribution < -0.4 is 11.1 Å². The Morgan fingerprint density at radius 3 is 2.21 bits per heavy atom. The smallest absolute Gasteiger partial charge is 0.323 e. The number of hydrogen-bond acceptors (Lipinski definition) is 8. The van der Waals surface area contributed by atoms with E-state index in [9.17, 15) is 29.8 Å². The van der Waals surface area contributed by atoms with Gasteiger partial charge in [0.25, 0.3) is 11.4 Å². The first-order valence-electron chi connectivity index (χ1n) is 6.80. The van der Waals surface area contributed by atoms with Gasteiger partial charge in [0.1, 0.15) is 12.6 Å². The van der Waals surface area contributed by atoms with Crippen molar-refractivity contribution >= 4 is 23.3 Å². The number of nitro benzene ring substituents is 2. The number of rotatable bonds is 8. The first-order valence-corrected chi connectivity index (χ1v) is 6.80. The Balaban J connectivity index is 2.69. The highest BCUT2D eigenvalue weighted by molar-refractivity contribution is 5.76. The van der Waals surface area contributed by atoms with Gasteiger partial charge >= 0.3 is 5.97 Å². The van der Waals surface area contributed by atoms with Crippen LogP contribution in [-0.2, 0) is 20.9 Å². The van der Waals surface area contributed by atoms with E-state index >= 15 is 0 Å². The Labute approximate surface area is 136 Å². The first-order chi connectivity index (χ1) is 11.2. The summed E-state index contributed by atoms with van der Waals surface area (Å²) in [5, 5.41) is 24.0. The zero-order valence-corrected chi connectivity index (χ0v) is 12.8. The first kappa shape index (κ1) is 19.0. The van der Waals surface area contributed by atoms with Crippen molar-refractivity contribution in [3.05, 3.63) is 44.0 Å². The number of nitrogens with two attached hydrogens (primary N) is 1. The van der Waals surface area contributed by atoms with E-state index < -0.39 is 39.8 Å². The number of carbonyl (C=O) groups excluding carboxylic acids is 2. The minimum atomic E-state index is -0.995. The molecule has 0 aliphatic carbocycles. The lowest BCUT2D eigenvalue weighted by Crippen LogP contribution is -2.36. The molecule has 0 radical (unpaired) electrons. The molecule has 0 aliphatic heterocycles. The number of amides is 1. The number of non-ortho nitro benzene ring substituents is 2. The average Bonchev–Trinajstić information content (AvgIpc) is 2.51. The summed E-state index contributed by atoms with van der Waals surface area (Å²) in [6, 6.07) is 1.96. The van der Waals surface area contributed by atoms with Gasteiger partial charge in [0.15, 0.2) is 0 Å². The summed E-state index contributed by atoms with van der Waals surface area (Å²) in [5.74, 6) is -1.05. The fourth-order valence-corrected chi connectivity index (χ4v) is 1.73. The Kier molecular flexibility index (Phi) is 6.74. The summed E-state index contributed by atoms with van der Waals surface area (Å²) in [5.41, 5.74) is 4.71. The van der Waals surface area contributed by atoms with Gasteiger partial charge in [-0.15, -0.1) is 0 Å². The summed E-state index contributed by atoms with van der Waals surface area (Å²) in [4.78, 5) is 42.4. The van der Waals surface area contributed by atoms with Gasteiger partial charge in [0.05, 0.1) is 15.9 Å². The highest BCUT2D eigenvalue weighted by Gasteiger charge is 2.19. The lowest BCUT2D eigenvalue weighted by atomic mass is 10.2. The quantitative estimate of drug-likeness (QED) is 0.389. The van der Waals surface area contributed by atoms with Gasteiger partial charge in [-0.25, -0.2) is 0 Å². The second-order valence-corrected chi connectivity index (χ2v) is 4.86. The molecule has 24 heavy (non-hydrogen) atoms. The van der Waals surface area contributed by atoms with E-state index in [2.05, 4.69) is 5.32 Å². The minimum Gasteiger partial charge on any atom is -0.460 e. The molecule has 130 valence electrons. The van der Waals surface area contributed by atoms with Crippen molar-refractivity contribution < 1.29 is 24.2 Å². The summed E-state index contributed by atoms with van der Waals surface area (Å²) in [6.07, 6.45) is 0.146. The van der Waals surface area contributed by atoms with Crippen LogP contribution in [0.2, 0.25) is 0 Å². The third kappa shape index (κ3) is 5.96. The van der Waals surface area contributed by atoms with E-state index in [1.54, 1.807) is 0 Å². The largest absolute Gasteiger partial charge is 0.460 e. The maximum absolute atomic E-state index is 11.7. The topological polar surface area (TPSA) is 168 Å². The summed E-state index contributed by atoms with van der Waals surface area (Å²) in [7, 11) is 0. The van der Waals surface area contributed by atoms with Crippen molar-refractivity contribution in [2.75, 3.05) is 6.54 Å². The fourth-order valence-electron chi connectivity index (χ4n) is 1.73. The van der Waals surface area contributed by atoms with Crippen molar-refractivity contribution in [1.29, 1.82) is 0 Å². The maximum atomic E-state index is 11.7. The van der Waals surface area contributed by atoms with E-state index in [1.165, 1.54) is 6.92 Å². The number of nitrogens with one attached hydrogen (secondary N) is 1. The van der Waals surface area contributed by atoms with Crippen LogP contribution in [0.5, 0.6) is 0 Å². The van der Waals surface area contributed by atoms with Crippen LogP contribution in [0.1, 0.15) is 18.9 Å². The van der Waals surface area contributed by atoms with Crippen molar-refractivity contribution in [1.82, 2.24) is 5.32 Å². The molecule has 0 spiro atoms. The van der Waals surface area contributed by atoms with Crippen molar-refractivity contribution in [3.8, 4) is 0 Å². The van der Waals surface area contributed by atoms with Crippen LogP contribution in [-0.4, -0.2) is 34.3 Å². The lowest BCUT2D eigenvalue weighted by molar-refractivity contribution is -0.394. The molecule has 0 fully saturated rings. The molecule has 0 bridgehead atoms. The molecule has 0 saturated heterocycles. The van der Waals surface area contributed by atoms with Gasteiger partial charge < -0.3 is 15.8 Å². The normalized spacial score (nSPS) is 11.4. The van der Waals surface area contributed by atoms with E-state index in [4.69, 9.17) is 10.5 Å². The van der Waals surface area contributed by atoms with Crippen LogP contribution in [0, 0.1) is 20.2 Å². The van der Waals surface area contributed by atoms with E-state index in [0.717, 1.165) is 18.2 Å². The number of benzene rings is 1. The number of nitro groups is 2. The van der Waals surface area contributed by atoms with Gasteiger partial charge in [0.2, 0.25) is 5.91 Å². The minimum absolute atomic E-state index is 0.0957. The zero-order valence-electron chi connectivity index (χ0n) is 12.8. The molecular weight excluding hydrogens is 324 g/mol. The van der Waals surface area contributed by atoms with Gasteiger partial charge in [-0.3, -0.25) is 29.8 Å². The van der Waals surface area contributed by atoms with Gasteiger partial charge in [-0.05, 0) is 6.42 Å². The molecule has 1 rings (SSSR count). The standard InChI is InChI=1S/C13H16N4O7/c1-8(18)15-3-2-12(14)13(19)24-7-9-4-10(16(20)21)6-11(5-9)17(22)23/h4-6,12H,2-3,7,14H2,1H3,(H,15,18). The van der Waals surface area contributed by atoms with Crippen LogP contribution >= 0.6 is 0 Å². The molecule has 0 saturated carbocycles. The summed E-state index contributed by atoms with van der Waals surface area (Å²) >= 11 is 0. The third-order valence-electron chi connectivity index (χ3n) is 2.90. The van der Waals surface area contributed by atoms with E-state index in [1.807, 2.05) is 0 Å². The predicted octanol–water partition coefficient (Wildman–Crippen LogP) is 0.400. The SMILES string of the molecule is CC(=O)NCCC(N)C(=O)OCc1cc([N+](=O)[O-])cc([N+](=O)[O-])c1. The monoisotopic (exact) mass is 340 g/mol. The summed E-state index contributed by atoms with van der Waals surface area (Å²) < 4.78 is 4.90. The molecule has 1 atom stereocenters. The van der Waals surface area contributed by atoms with E-state index in [0.29, 0.717) is 0 Å². The average molecular weight is 340 g/mol. The Bertz CT molecular complexity index is 629. The van der Waals surface area contributed by atoms with Gasteiger partial charge in [-0.2, -0.15) is 0 Å². The molecular formula is C13H16N4O7. The molecule has 11 heteroatoms. The number of carbonyl (C=O) groups is 2. The van der Waals surface area contributed by atoms with E-state index in [-0.39, 0.29) is 24.4 Å². The number of hydrogen-bond donors (Lipinski definition) is 2. The Morgan fingerprint density at radius 2 is 1.75 bits per heavy atom. The second-order valence-electron chi connectivity index (χ2n) is 4.86. The predicted molar refractivity (Wildman–Crippen MR) is 80.8 cm³/mol. The van der Waals surface area contributed by atoms with Gasteiger partial charge in [-0.1, -0.05) is 0 Å². The highest BCUT2D eigenvalue weighted by atomic mass is 16.6. The zero-order chi connectivity index (χ0) is 18.3. The Hall–Kier alpha value is -3.08. The molecule has 0 heterocycles. The molecule has 3 N–H and O–H groups in total. The fraction of sp³-hybridized carbons (Fsp3) is 0.385. The van der Waals surface area contributed by atoms with Crippen molar-refractivity contribution in [3.63, 3.8) is 0 Å². The molecule has 1 amide bonds. The van der Waals surface area contributed by atoms with Gasteiger partial charge in [0, 0.05) is 31.2 Å². The highest BCUT2D eigenvalue weighted by Crippen LogP contribution is 2.23. The third-order valence-corrected chi connectivity index (χ3v) is 2.90. The molecule has 0 aliphatic rings. The molecule has 11 nitrogen and oxygen atoms in total.